The van der Waals surface area contributed by atoms with Crippen LogP contribution in [0, 0.1) is 0 Å². The van der Waals surface area contributed by atoms with E-state index >= 15 is 0 Å². The minimum absolute atomic E-state index is 0.239. The lowest BCUT2D eigenvalue weighted by atomic mass is 9.90. The molecule has 2 rings (SSSR count). The molecule has 1 saturated carbocycles. The Morgan fingerprint density at radius 1 is 1.52 bits per heavy atom. The Bertz CT molecular complexity index is 549. The number of allylic oxidation sites excluding steroid dienone is 1. The van der Waals surface area contributed by atoms with E-state index in [1.54, 1.807) is 12.3 Å². The molecule has 0 saturated heterocycles. The number of aromatic nitrogens is 2. The van der Waals surface area contributed by atoms with Crippen molar-refractivity contribution in [3.05, 3.63) is 34.2 Å². The van der Waals surface area contributed by atoms with E-state index in [4.69, 9.17) is 17.3 Å². The van der Waals surface area contributed by atoms with Crippen molar-refractivity contribution in [3.8, 4) is 0 Å². The summed E-state index contributed by atoms with van der Waals surface area (Å²) in [6.07, 6.45) is 7.40. The highest BCUT2D eigenvalue weighted by atomic mass is 35.5. The third-order valence-corrected chi connectivity index (χ3v) is 4.46. The highest BCUT2D eigenvalue weighted by molar-refractivity contribution is 6.33. The maximum absolute atomic E-state index is 12.2. The van der Waals surface area contributed by atoms with Crippen LogP contribution in [-0.2, 0) is 6.54 Å². The summed E-state index contributed by atoms with van der Waals surface area (Å²) in [6, 6.07) is 0.679. The average molecular weight is 311 g/mol. The molecule has 5 nitrogen and oxygen atoms in total. The van der Waals surface area contributed by atoms with Crippen molar-refractivity contribution in [2.75, 3.05) is 11.4 Å². The Hall–Kier alpha value is -1.33. The fourth-order valence-corrected chi connectivity index (χ4v) is 3.20. The van der Waals surface area contributed by atoms with Gasteiger partial charge in [-0.05, 0) is 32.6 Å². The molecule has 1 fully saturated rings. The van der Waals surface area contributed by atoms with Crippen molar-refractivity contribution in [3.63, 3.8) is 0 Å². The summed E-state index contributed by atoms with van der Waals surface area (Å²) in [6.45, 7) is 6.85. The zero-order chi connectivity index (χ0) is 15.4. The lowest BCUT2D eigenvalue weighted by Crippen LogP contribution is -2.42. The molecule has 0 atom stereocenters. The van der Waals surface area contributed by atoms with Gasteiger partial charge in [0.25, 0.3) is 5.56 Å². The SMILES string of the molecule is C=CCn1ncc(N(CC)C2CCC(N)CC2)c(Cl)c1=O. The van der Waals surface area contributed by atoms with Crippen molar-refractivity contribution in [2.24, 2.45) is 5.73 Å². The lowest BCUT2D eigenvalue weighted by molar-refractivity contribution is 0.377. The van der Waals surface area contributed by atoms with E-state index in [1.165, 1.54) is 4.68 Å². The second kappa shape index (κ2) is 7.09. The van der Waals surface area contributed by atoms with Gasteiger partial charge in [-0.1, -0.05) is 17.7 Å². The summed E-state index contributed by atoms with van der Waals surface area (Å²) >= 11 is 6.28. The summed E-state index contributed by atoms with van der Waals surface area (Å²) in [5.74, 6) is 0. The number of hydrogen-bond donors (Lipinski definition) is 1. The number of rotatable bonds is 5. The van der Waals surface area contributed by atoms with Crippen LogP contribution in [0.15, 0.2) is 23.6 Å². The Morgan fingerprint density at radius 3 is 2.76 bits per heavy atom. The van der Waals surface area contributed by atoms with E-state index in [-0.39, 0.29) is 10.6 Å². The molecule has 0 radical (unpaired) electrons. The first-order chi connectivity index (χ1) is 10.1. The normalized spacial score (nSPS) is 22.0. The number of hydrogen-bond acceptors (Lipinski definition) is 4. The van der Waals surface area contributed by atoms with Crippen molar-refractivity contribution in [1.29, 1.82) is 0 Å². The molecule has 6 heteroatoms. The van der Waals surface area contributed by atoms with Gasteiger partial charge in [-0.25, -0.2) is 4.68 Å². The second-order valence-corrected chi connectivity index (χ2v) is 5.85. The molecule has 0 bridgehead atoms. The molecule has 21 heavy (non-hydrogen) atoms. The monoisotopic (exact) mass is 310 g/mol. The third kappa shape index (κ3) is 3.47. The number of nitrogens with two attached hydrogens (primary N) is 1. The maximum Gasteiger partial charge on any atom is 0.287 e. The molecule has 1 aromatic heterocycles. The predicted molar refractivity (Wildman–Crippen MR) is 87.0 cm³/mol. The molecule has 0 amide bonds. The van der Waals surface area contributed by atoms with Crippen LogP contribution >= 0.6 is 11.6 Å². The fraction of sp³-hybridized carbons (Fsp3) is 0.600. The Kier molecular flexibility index (Phi) is 5.42. The number of nitrogens with zero attached hydrogens (tertiary/aromatic N) is 3. The van der Waals surface area contributed by atoms with Gasteiger partial charge in [0, 0.05) is 18.6 Å². The van der Waals surface area contributed by atoms with Gasteiger partial charge in [0.1, 0.15) is 5.02 Å². The van der Waals surface area contributed by atoms with Crippen LogP contribution in [-0.4, -0.2) is 28.4 Å². The highest BCUT2D eigenvalue weighted by Gasteiger charge is 2.26. The summed E-state index contributed by atoms with van der Waals surface area (Å²) in [7, 11) is 0. The molecule has 1 aliphatic carbocycles. The lowest BCUT2D eigenvalue weighted by Gasteiger charge is -2.37. The number of anilines is 1. The minimum atomic E-state index is -0.264. The first kappa shape index (κ1) is 16.0. The molecular weight excluding hydrogens is 288 g/mol. The molecule has 0 aromatic carbocycles. The van der Waals surface area contributed by atoms with Crippen molar-refractivity contribution in [2.45, 2.75) is 51.2 Å². The first-order valence-electron chi connectivity index (χ1n) is 7.47. The summed E-state index contributed by atoms with van der Waals surface area (Å²) in [5, 5.41) is 4.43. The molecule has 1 aromatic rings. The van der Waals surface area contributed by atoms with Gasteiger partial charge in [0.05, 0.1) is 18.4 Å². The van der Waals surface area contributed by atoms with E-state index in [0.29, 0.717) is 18.6 Å². The van der Waals surface area contributed by atoms with Crippen LogP contribution in [0.4, 0.5) is 5.69 Å². The summed E-state index contributed by atoms with van der Waals surface area (Å²) < 4.78 is 1.32. The second-order valence-electron chi connectivity index (χ2n) is 5.47. The van der Waals surface area contributed by atoms with Gasteiger partial charge in [-0.15, -0.1) is 6.58 Å². The van der Waals surface area contributed by atoms with Crippen molar-refractivity contribution >= 4 is 17.3 Å². The Balaban J connectivity index is 2.28. The van der Waals surface area contributed by atoms with Crippen LogP contribution in [0.2, 0.25) is 5.02 Å². The van der Waals surface area contributed by atoms with Crippen LogP contribution in [0.25, 0.3) is 0 Å². The predicted octanol–water partition coefficient (Wildman–Crippen LogP) is 2.18. The van der Waals surface area contributed by atoms with Crippen molar-refractivity contribution < 1.29 is 0 Å². The maximum atomic E-state index is 12.2. The number of halogens is 1. The molecule has 1 aliphatic rings. The molecule has 0 unspecified atom stereocenters. The molecule has 0 spiro atoms. The third-order valence-electron chi connectivity index (χ3n) is 4.10. The van der Waals surface area contributed by atoms with Crippen LogP contribution in [0.1, 0.15) is 32.6 Å². The smallest absolute Gasteiger partial charge is 0.287 e. The van der Waals surface area contributed by atoms with Gasteiger partial charge >= 0.3 is 0 Å². The molecule has 116 valence electrons. The standard InChI is InChI=1S/C15H23ClN4O/c1-3-9-20-15(21)14(16)13(10-18-20)19(4-2)12-7-5-11(17)6-8-12/h3,10-12H,1,4-9,17H2,2H3. The van der Waals surface area contributed by atoms with Crippen LogP contribution < -0.4 is 16.2 Å². The molecule has 0 aliphatic heterocycles. The van der Waals surface area contributed by atoms with Gasteiger partial charge in [-0.3, -0.25) is 4.79 Å². The van der Waals surface area contributed by atoms with Gasteiger partial charge in [-0.2, -0.15) is 5.10 Å². The van der Waals surface area contributed by atoms with Gasteiger partial charge in [0.2, 0.25) is 0 Å². The van der Waals surface area contributed by atoms with E-state index in [1.807, 2.05) is 0 Å². The van der Waals surface area contributed by atoms with Crippen LogP contribution in [0.3, 0.4) is 0 Å². The fourth-order valence-electron chi connectivity index (χ4n) is 2.95. The molecular formula is C15H23ClN4O. The van der Waals surface area contributed by atoms with Gasteiger partial charge in [0.15, 0.2) is 0 Å². The molecule has 1 heterocycles. The quantitative estimate of drug-likeness (QED) is 0.847. The van der Waals surface area contributed by atoms with E-state index in [2.05, 4.69) is 23.5 Å². The first-order valence-corrected chi connectivity index (χ1v) is 7.85. The Labute approximate surface area is 130 Å². The van der Waals surface area contributed by atoms with Gasteiger partial charge < -0.3 is 10.6 Å². The van der Waals surface area contributed by atoms with Crippen LogP contribution in [0.5, 0.6) is 0 Å². The average Bonchev–Trinajstić information content (AvgIpc) is 2.49. The van der Waals surface area contributed by atoms with E-state index in [9.17, 15) is 4.79 Å². The van der Waals surface area contributed by atoms with E-state index in [0.717, 1.165) is 37.9 Å². The Morgan fingerprint density at radius 2 is 2.19 bits per heavy atom. The highest BCUT2D eigenvalue weighted by Crippen LogP contribution is 2.29. The van der Waals surface area contributed by atoms with E-state index < -0.39 is 0 Å². The summed E-state index contributed by atoms with van der Waals surface area (Å²) in [4.78, 5) is 14.4. The zero-order valence-electron chi connectivity index (χ0n) is 12.5. The largest absolute Gasteiger partial charge is 0.366 e. The zero-order valence-corrected chi connectivity index (χ0v) is 13.2. The topological polar surface area (TPSA) is 64.2 Å². The summed E-state index contributed by atoms with van der Waals surface area (Å²) in [5.41, 5.74) is 6.43. The van der Waals surface area contributed by atoms with Crippen molar-refractivity contribution in [1.82, 2.24) is 9.78 Å². The molecule has 2 N–H and O–H groups in total. The minimum Gasteiger partial charge on any atom is -0.366 e.